The van der Waals surface area contributed by atoms with Gasteiger partial charge in [0.05, 0.1) is 0 Å². The SMILES string of the molecule is C[Si]1(C)c2ccccc2-c2cccc(-c3cccc4c(-c5ccc(-c6ccccc6)cc5)c5cccc(-c6cccc7c6[Si](C)(C)c6ccccc6-7)c5cc34)c21.c1ccc(-c2ccc(-c3c4cccc(-c5cccc6c5[Si](c5ccccc5)(c5ccccc5)c5ccccc5-6)c4cc4c(-c5cccc6c5[Si](c5ccccc5)(c5ccccc5)c5ccccc5-6)cccc34)cc2)cc1. The Labute approximate surface area is 776 Å². The first-order valence-corrected chi connectivity index (χ1v) is 56.5. The van der Waals surface area contributed by atoms with E-state index in [4.69, 9.17) is 0 Å². The maximum Gasteiger partial charge on any atom is 0.181 e. The Morgan fingerprint density at radius 1 is 0.129 bits per heavy atom. The van der Waals surface area contributed by atoms with Crippen molar-refractivity contribution in [2.45, 2.75) is 26.2 Å². The fourth-order valence-electron chi connectivity index (χ4n) is 24.4. The molecule has 0 unspecified atom stereocenters. The molecule has 4 aliphatic heterocycles. The van der Waals surface area contributed by atoms with E-state index in [0.29, 0.717) is 0 Å². The van der Waals surface area contributed by atoms with Gasteiger partial charge < -0.3 is 0 Å². The van der Waals surface area contributed by atoms with Crippen molar-refractivity contribution in [2.75, 3.05) is 0 Å². The van der Waals surface area contributed by atoms with Gasteiger partial charge >= 0.3 is 0 Å². The van der Waals surface area contributed by atoms with Crippen LogP contribution in [-0.4, -0.2) is 32.3 Å². The van der Waals surface area contributed by atoms with Gasteiger partial charge in [0.25, 0.3) is 0 Å². The number of fused-ring (bicyclic) bond motifs is 16. The van der Waals surface area contributed by atoms with Crippen LogP contribution < -0.4 is 62.2 Å². The second kappa shape index (κ2) is 31.3. The maximum absolute atomic E-state index is 2.89. The van der Waals surface area contributed by atoms with Crippen molar-refractivity contribution in [3.63, 3.8) is 0 Å². The highest BCUT2D eigenvalue weighted by atomic mass is 28.3. The molecule has 0 aliphatic carbocycles. The van der Waals surface area contributed by atoms with Crippen molar-refractivity contribution in [1.29, 1.82) is 0 Å². The average Bonchev–Trinajstić information content (AvgIpc) is 1.53. The molecular weight excluding hydrogens is 1650 g/mol. The van der Waals surface area contributed by atoms with Gasteiger partial charge in [0.1, 0.15) is 16.1 Å². The Bertz CT molecular complexity index is 7910. The predicted molar refractivity (Wildman–Crippen MR) is 576 cm³/mol. The molecule has 0 atom stereocenters. The molecule has 620 valence electrons. The number of hydrogen-bond donors (Lipinski definition) is 0. The van der Waals surface area contributed by atoms with Crippen molar-refractivity contribution in [3.8, 4) is 134 Å². The van der Waals surface area contributed by atoms with E-state index < -0.39 is 32.3 Å². The zero-order chi connectivity index (χ0) is 88.0. The molecule has 4 aliphatic rings. The quantitative estimate of drug-likeness (QED) is 0.0845. The van der Waals surface area contributed by atoms with Crippen LogP contribution in [0.4, 0.5) is 0 Å². The molecule has 0 fully saturated rings. The molecule has 0 saturated heterocycles. The molecule has 0 amide bonds. The van der Waals surface area contributed by atoms with Gasteiger partial charge in [-0.3, -0.25) is 0 Å². The Morgan fingerprint density at radius 3 is 0.606 bits per heavy atom. The highest BCUT2D eigenvalue weighted by Crippen LogP contribution is 2.50. The normalized spacial score (nSPS) is 13.8. The summed E-state index contributed by atoms with van der Waals surface area (Å²) in [7, 11) is -9.75. The van der Waals surface area contributed by atoms with E-state index in [-0.39, 0.29) is 0 Å². The first kappa shape index (κ1) is 79.0. The van der Waals surface area contributed by atoms with Gasteiger partial charge in [-0.05, 0) is 251 Å². The van der Waals surface area contributed by atoms with Crippen molar-refractivity contribution < 1.29 is 0 Å². The minimum absolute atomic E-state index is 1.20. The van der Waals surface area contributed by atoms with Crippen molar-refractivity contribution in [3.05, 3.63) is 485 Å². The van der Waals surface area contributed by atoms with E-state index in [1.807, 2.05) is 0 Å². The third-order valence-electron chi connectivity index (χ3n) is 29.9. The molecule has 0 N–H and O–H groups in total. The van der Waals surface area contributed by atoms with E-state index in [1.54, 1.807) is 20.7 Å². The third-order valence-corrected chi connectivity index (χ3v) is 46.9. The molecule has 132 heavy (non-hydrogen) atoms. The van der Waals surface area contributed by atoms with Crippen molar-refractivity contribution in [2.24, 2.45) is 0 Å². The van der Waals surface area contributed by atoms with E-state index in [2.05, 4.69) is 511 Å². The van der Waals surface area contributed by atoms with E-state index in [9.17, 15) is 0 Å². The zero-order valence-electron chi connectivity index (χ0n) is 74.2. The van der Waals surface area contributed by atoms with Crippen LogP contribution in [0.5, 0.6) is 0 Å². The monoisotopic (exact) mass is 1740 g/mol. The molecule has 0 bridgehead atoms. The molecule has 26 rings (SSSR count). The molecular formula is C128H92Si4. The highest BCUT2D eigenvalue weighted by Gasteiger charge is 2.52. The van der Waals surface area contributed by atoms with Gasteiger partial charge in [0.15, 0.2) is 16.1 Å². The van der Waals surface area contributed by atoms with Gasteiger partial charge in [-0.15, -0.1) is 0 Å². The summed E-state index contributed by atoms with van der Waals surface area (Å²) in [6.45, 7) is 10.2. The molecule has 0 aromatic heterocycles. The summed E-state index contributed by atoms with van der Waals surface area (Å²) < 4.78 is 0. The molecule has 4 heteroatoms. The van der Waals surface area contributed by atoms with E-state index >= 15 is 0 Å². The zero-order valence-corrected chi connectivity index (χ0v) is 78.2. The van der Waals surface area contributed by atoms with Crippen LogP contribution in [0.2, 0.25) is 26.2 Å². The first-order chi connectivity index (χ1) is 65.1. The largest absolute Gasteiger partial charge is 0.181 e. The van der Waals surface area contributed by atoms with Crippen LogP contribution in [0.15, 0.2) is 485 Å². The summed E-state index contributed by atoms with van der Waals surface area (Å²) in [4.78, 5) is 0. The lowest BCUT2D eigenvalue weighted by molar-refractivity contribution is 1.61. The van der Waals surface area contributed by atoms with Crippen molar-refractivity contribution >= 4 is 138 Å². The van der Waals surface area contributed by atoms with Crippen LogP contribution >= 0.6 is 0 Å². The molecule has 0 nitrogen and oxygen atoms in total. The first-order valence-electron chi connectivity index (χ1n) is 46.5. The fourth-order valence-corrected chi connectivity index (χ4v) is 42.1. The standard InChI is InChI=1S/C74H50Si2.C54H42Si2/c1-6-24-51(25-7-1)52-46-48-53(49-47-52)72-62-38-20-36-58(64-40-22-42-66-60-34-16-18-44-70(60)75(73(64)66,54-26-8-2-9-27-54)55-28-10-3-11-29-55)68(62)50-69-59(37-21-39-63(69)72)65-41-23-43-67-61-35-17-19-45-71(61)76(74(65)67,56-30-12-4-13-31-56)57-32-14-5-15-33-57;1-55(2)50-28-10-8-18-40(50)46-26-14-24-44(53(46)55)38-20-12-22-42-48(38)34-49-39(45-25-15-27-47-41-19-9-11-29-51(41)56(3,4)54(45)47)21-13-23-43(49)52(42)37-32-30-36(31-33-37)35-16-6-5-7-17-35/h1-50H;5-34H,1-4H3. The Balaban J connectivity index is 0.000000149. The minimum Gasteiger partial charge on any atom is -0.0623 e. The van der Waals surface area contributed by atoms with Gasteiger partial charge in [-0.1, -0.05) is 499 Å². The van der Waals surface area contributed by atoms with Gasteiger partial charge in [-0.2, -0.15) is 0 Å². The van der Waals surface area contributed by atoms with Crippen LogP contribution in [0.1, 0.15) is 0 Å². The van der Waals surface area contributed by atoms with E-state index in [0.717, 1.165) is 0 Å². The lowest BCUT2D eigenvalue weighted by Gasteiger charge is -2.33. The molecule has 4 heterocycles. The molecule has 0 spiro atoms. The predicted octanol–water partition coefficient (Wildman–Crippen LogP) is 25.6. The summed E-state index contributed by atoms with van der Waals surface area (Å²) in [5.74, 6) is 0. The number of hydrogen-bond acceptors (Lipinski definition) is 0. The number of benzene rings is 22. The molecule has 0 radical (unpaired) electrons. The average molecular weight is 1740 g/mol. The Morgan fingerprint density at radius 2 is 0.318 bits per heavy atom. The lowest BCUT2D eigenvalue weighted by Crippen LogP contribution is -2.73. The highest BCUT2D eigenvalue weighted by molar-refractivity contribution is 7.23. The number of rotatable bonds is 12. The lowest BCUT2D eigenvalue weighted by atomic mass is 9.85. The fraction of sp³-hybridized carbons (Fsp3) is 0.0312. The van der Waals surface area contributed by atoms with Gasteiger partial charge in [-0.25, -0.2) is 0 Å². The summed E-state index contributed by atoms with van der Waals surface area (Å²) in [6.07, 6.45) is 0. The second-order valence-corrected chi connectivity index (χ2v) is 53.3. The van der Waals surface area contributed by atoms with Crippen LogP contribution in [-0.2, 0) is 0 Å². The van der Waals surface area contributed by atoms with Gasteiger partial charge in [0.2, 0.25) is 0 Å². The summed E-state index contributed by atoms with van der Waals surface area (Å²) in [5.41, 5.74) is 31.5. The molecule has 22 aromatic rings. The van der Waals surface area contributed by atoms with Crippen LogP contribution in [0.25, 0.3) is 177 Å². The molecule has 22 aromatic carbocycles. The smallest absolute Gasteiger partial charge is 0.0623 e. The Kier molecular flexibility index (Phi) is 18.7. The van der Waals surface area contributed by atoms with Crippen LogP contribution in [0, 0.1) is 0 Å². The van der Waals surface area contributed by atoms with E-state index in [1.165, 1.54) is 218 Å². The van der Waals surface area contributed by atoms with Gasteiger partial charge in [0, 0.05) is 0 Å². The third kappa shape index (κ3) is 11.9. The Hall–Kier alpha value is -15.3. The van der Waals surface area contributed by atoms with Crippen LogP contribution in [0.3, 0.4) is 0 Å². The summed E-state index contributed by atoms with van der Waals surface area (Å²) >= 11 is 0. The second-order valence-electron chi connectivity index (χ2n) is 37.3. The minimum atomic E-state index is -2.89. The maximum atomic E-state index is 2.57. The summed E-state index contributed by atoms with van der Waals surface area (Å²) in [6, 6.07) is 184. The topological polar surface area (TPSA) is 0 Å². The van der Waals surface area contributed by atoms with Crippen molar-refractivity contribution in [1.82, 2.24) is 0 Å². The summed E-state index contributed by atoms with van der Waals surface area (Å²) in [5, 5.41) is 27.8. The molecule has 0 saturated carbocycles.